The maximum atomic E-state index is 12.8. The number of carbonyl (C=O) groups is 3. The molecule has 0 radical (unpaired) electrons. The van der Waals surface area contributed by atoms with Crippen LogP contribution in [0, 0.1) is 23.7 Å². The van der Waals surface area contributed by atoms with Crippen LogP contribution in [0.25, 0.3) is 0 Å². The molecular formula is C16H16NO5-. The quantitative estimate of drug-likeness (QED) is 0.755. The number of nitrogens with zero attached hydrogens (tertiary/aromatic N) is 1. The molecule has 3 aliphatic rings. The Balaban J connectivity index is 1.70. The highest BCUT2D eigenvalue weighted by Crippen LogP contribution is 2.57. The van der Waals surface area contributed by atoms with Crippen molar-refractivity contribution >= 4 is 17.8 Å². The SMILES string of the molecule is O=C([O-])C[C@H](c1ccco1)N1C(=O)[C@@H]2[C@@H]3CC[C@@H](C3)[C@@H]2C1=O. The molecule has 6 heteroatoms. The third kappa shape index (κ3) is 1.76. The molecular weight excluding hydrogens is 286 g/mol. The molecule has 1 saturated heterocycles. The van der Waals surface area contributed by atoms with Gasteiger partial charge in [-0.25, -0.2) is 0 Å². The van der Waals surface area contributed by atoms with Crippen LogP contribution in [0.5, 0.6) is 0 Å². The Morgan fingerprint density at radius 3 is 2.41 bits per heavy atom. The zero-order valence-corrected chi connectivity index (χ0v) is 11.9. The number of carboxylic acid groups (broad SMARTS) is 1. The van der Waals surface area contributed by atoms with E-state index in [-0.39, 0.29) is 35.5 Å². The summed E-state index contributed by atoms with van der Waals surface area (Å²) in [5.41, 5.74) is 0. The second-order valence-electron chi connectivity index (χ2n) is 6.54. The Labute approximate surface area is 127 Å². The minimum Gasteiger partial charge on any atom is -0.550 e. The van der Waals surface area contributed by atoms with E-state index in [1.54, 1.807) is 12.1 Å². The van der Waals surface area contributed by atoms with Crippen LogP contribution in [0.4, 0.5) is 0 Å². The van der Waals surface area contributed by atoms with Crippen LogP contribution < -0.4 is 5.11 Å². The Hall–Kier alpha value is -2.11. The van der Waals surface area contributed by atoms with Crippen LogP contribution in [0.2, 0.25) is 0 Å². The number of furan rings is 1. The number of imide groups is 1. The van der Waals surface area contributed by atoms with Crippen molar-refractivity contribution in [1.82, 2.24) is 4.90 Å². The first kappa shape index (κ1) is 13.5. The fourth-order valence-electron chi connectivity index (χ4n) is 4.70. The topological polar surface area (TPSA) is 90.7 Å². The number of fused-ring (bicyclic) bond motifs is 5. The van der Waals surface area contributed by atoms with Gasteiger partial charge in [0.1, 0.15) is 11.8 Å². The number of carbonyl (C=O) groups excluding carboxylic acids is 3. The van der Waals surface area contributed by atoms with Crippen molar-refractivity contribution in [3.8, 4) is 0 Å². The van der Waals surface area contributed by atoms with E-state index < -0.39 is 18.4 Å². The van der Waals surface area contributed by atoms with Crippen molar-refractivity contribution in [2.45, 2.75) is 31.7 Å². The summed E-state index contributed by atoms with van der Waals surface area (Å²) < 4.78 is 5.26. The summed E-state index contributed by atoms with van der Waals surface area (Å²) >= 11 is 0. The summed E-state index contributed by atoms with van der Waals surface area (Å²) in [6, 6.07) is 2.31. The van der Waals surface area contributed by atoms with Crippen molar-refractivity contribution in [3.63, 3.8) is 0 Å². The van der Waals surface area contributed by atoms with Gasteiger partial charge in [-0.2, -0.15) is 0 Å². The second-order valence-corrected chi connectivity index (χ2v) is 6.54. The number of carboxylic acids is 1. The number of hydrogen-bond donors (Lipinski definition) is 0. The lowest BCUT2D eigenvalue weighted by Gasteiger charge is -2.26. The Morgan fingerprint density at radius 1 is 1.27 bits per heavy atom. The molecule has 0 unspecified atom stereocenters. The molecule has 0 aromatic carbocycles. The van der Waals surface area contributed by atoms with E-state index in [0.717, 1.165) is 24.2 Å². The normalized spacial score (nSPS) is 34.3. The van der Waals surface area contributed by atoms with E-state index >= 15 is 0 Å². The summed E-state index contributed by atoms with van der Waals surface area (Å²) in [5.74, 6) is -1.42. The minimum atomic E-state index is -1.30. The largest absolute Gasteiger partial charge is 0.550 e. The van der Waals surface area contributed by atoms with E-state index in [4.69, 9.17) is 4.42 Å². The van der Waals surface area contributed by atoms with E-state index in [2.05, 4.69) is 0 Å². The second kappa shape index (κ2) is 4.69. The third-order valence-electron chi connectivity index (χ3n) is 5.50. The summed E-state index contributed by atoms with van der Waals surface area (Å²) in [5, 5.41) is 11.1. The number of aliphatic carboxylic acids is 1. The maximum absolute atomic E-state index is 12.8. The lowest BCUT2D eigenvalue weighted by atomic mass is 9.81. The lowest BCUT2D eigenvalue weighted by Crippen LogP contribution is -2.39. The van der Waals surface area contributed by atoms with E-state index in [1.165, 1.54) is 6.26 Å². The number of hydrogen-bond acceptors (Lipinski definition) is 5. The van der Waals surface area contributed by atoms with Gasteiger partial charge in [-0.1, -0.05) is 0 Å². The zero-order valence-electron chi connectivity index (χ0n) is 11.9. The molecule has 0 N–H and O–H groups in total. The van der Waals surface area contributed by atoms with Crippen LogP contribution in [-0.2, 0) is 14.4 Å². The summed E-state index contributed by atoms with van der Waals surface area (Å²) in [7, 11) is 0. The van der Waals surface area contributed by atoms with Crippen molar-refractivity contribution in [2.75, 3.05) is 0 Å². The van der Waals surface area contributed by atoms with Gasteiger partial charge in [-0.3, -0.25) is 14.5 Å². The first-order valence-corrected chi connectivity index (χ1v) is 7.68. The van der Waals surface area contributed by atoms with Crippen LogP contribution in [0.1, 0.15) is 37.5 Å². The number of likely N-dealkylation sites (tertiary alicyclic amines) is 1. The molecule has 3 fully saturated rings. The summed E-state index contributed by atoms with van der Waals surface area (Å²) in [4.78, 5) is 37.7. The van der Waals surface area contributed by atoms with Crippen molar-refractivity contribution in [1.29, 1.82) is 0 Å². The highest BCUT2D eigenvalue weighted by molar-refractivity contribution is 6.06. The summed E-state index contributed by atoms with van der Waals surface area (Å²) in [6.45, 7) is 0. The molecule has 4 rings (SSSR count). The first-order valence-electron chi connectivity index (χ1n) is 7.68. The van der Waals surface area contributed by atoms with E-state index in [1.807, 2.05) is 0 Å². The highest BCUT2D eigenvalue weighted by Gasteiger charge is 2.62. The van der Waals surface area contributed by atoms with Crippen LogP contribution in [0.15, 0.2) is 22.8 Å². The molecule has 2 amide bonds. The standard InChI is InChI=1S/C16H17NO5/c18-12(19)7-10(11-2-1-5-22-11)17-15(20)13-8-3-4-9(6-8)14(13)16(17)21/h1-2,5,8-10,13-14H,3-4,6-7H2,(H,18,19)/p-1/t8-,9+,10-,13-,14+/m1/s1. The van der Waals surface area contributed by atoms with Gasteiger partial charge in [0.05, 0.1) is 18.1 Å². The fourth-order valence-corrected chi connectivity index (χ4v) is 4.70. The maximum Gasteiger partial charge on any atom is 0.234 e. The predicted molar refractivity (Wildman–Crippen MR) is 70.7 cm³/mol. The fraction of sp³-hybridized carbons (Fsp3) is 0.562. The Bertz CT molecular complexity index is 609. The van der Waals surface area contributed by atoms with E-state index in [0.29, 0.717) is 5.76 Å². The lowest BCUT2D eigenvalue weighted by molar-refractivity contribution is -0.306. The average Bonchev–Trinajstić information content (AvgIpc) is 3.22. The molecule has 2 heterocycles. The van der Waals surface area contributed by atoms with Crippen LogP contribution in [0.3, 0.4) is 0 Å². The number of rotatable bonds is 4. The van der Waals surface area contributed by atoms with Gasteiger partial charge < -0.3 is 14.3 Å². The van der Waals surface area contributed by atoms with Gasteiger partial charge in [0, 0.05) is 12.4 Å². The Kier molecular flexibility index (Phi) is 2.89. The molecule has 2 aliphatic carbocycles. The van der Waals surface area contributed by atoms with Crippen molar-refractivity contribution < 1.29 is 23.9 Å². The molecule has 1 aromatic rings. The highest BCUT2D eigenvalue weighted by atomic mass is 16.4. The summed E-state index contributed by atoms with van der Waals surface area (Å²) in [6.07, 6.45) is 3.91. The molecule has 2 saturated carbocycles. The van der Waals surface area contributed by atoms with Crippen LogP contribution in [-0.4, -0.2) is 22.7 Å². The molecule has 0 spiro atoms. The minimum absolute atomic E-state index is 0.232. The van der Waals surface area contributed by atoms with Gasteiger partial charge in [0.15, 0.2) is 0 Å². The molecule has 2 bridgehead atoms. The molecule has 1 aliphatic heterocycles. The zero-order chi connectivity index (χ0) is 15.4. The van der Waals surface area contributed by atoms with Gasteiger partial charge in [-0.05, 0) is 43.2 Å². The smallest absolute Gasteiger partial charge is 0.234 e. The first-order chi connectivity index (χ1) is 10.6. The molecule has 6 nitrogen and oxygen atoms in total. The van der Waals surface area contributed by atoms with Crippen LogP contribution >= 0.6 is 0 Å². The Morgan fingerprint density at radius 2 is 1.91 bits per heavy atom. The average molecular weight is 302 g/mol. The van der Waals surface area contributed by atoms with Gasteiger partial charge in [0.25, 0.3) is 0 Å². The molecule has 22 heavy (non-hydrogen) atoms. The van der Waals surface area contributed by atoms with Crippen molar-refractivity contribution in [3.05, 3.63) is 24.2 Å². The van der Waals surface area contributed by atoms with E-state index in [9.17, 15) is 19.5 Å². The predicted octanol–water partition coefficient (Wildman–Crippen LogP) is 0.492. The molecule has 1 aromatic heterocycles. The van der Waals surface area contributed by atoms with Gasteiger partial charge >= 0.3 is 0 Å². The molecule has 116 valence electrons. The third-order valence-corrected chi connectivity index (χ3v) is 5.50. The van der Waals surface area contributed by atoms with Gasteiger partial charge in [0.2, 0.25) is 11.8 Å². The van der Waals surface area contributed by atoms with Crippen molar-refractivity contribution in [2.24, 2.45) is 23.7 Å². The van der Waals surface area contributed by atoms with Gasteiger partial charge in [-0.15, -0.1) is 0 Å². The molecule has 5 atom stereocenters. The number of amides is 2. The monoisotopic (exact) mass is 302 g/mol.